The molecule has 13 heteroatoms. The fourth-order valence-corrected chi connectivity index (χ4v) is 6.79. The van der Waals surface area contributed by atoms with Crippen molar-refractivity contribution in [2.24, 2.45) is 0 Å². The molecule has 0 unspecified atom stereocenters. The summed E-state index contributed by atoms with van der Waals surface area (Å²) >= 11 is 24.9. The summed E-state index contributed by atoms with van der Waals surface area (Å²) in [6.45, 7) is 8.01. The molecule has 0 bridgehead atoms. The first-order valence-corrected chi connectivity index (χ1v) is 15.0. The van der Waals surface area contributed by atoms with E-state index in [1.165, 1.54) is 0 Å². The number of H-pyrrole nitrogens is 2. The van der Waals surface area contributed by atoms with Gasteiger partial charge in [-0.25, -0.2) is 0 Å². The van der Waals surface area contributed by atoms with Gasteiger partial charge in [0.1, 0.15) is 5.65 Å². The lowest BCUT2D eigenvalue weighted by Gasteiger charge is -2.37. The van der Waals surface area contributed by atoms with Gasteiger partial charge < -0.3 is 20.5 Å². The molecular weight excluding hydrogens is 606 g/mol. The molecule has 2 aromatic heterocycles. The van der Waals surface area contributed by atoms with Crippen LogP contribution < -0.4 is 21.1 Å². The van der Waals surface area contributed by atoms with E-state index in [4.69, 9.17) is 52.1 Å². The second-order valence-electron chi connectivity index (χ2n) is 10.5. The maximum absolute atomic E-state index is 13.0. The van der Waals surface area contributed by atoms with E-state index in [-0.39, 0.29) is 11.5 Å². The third-order valence-corrected chi connectivity index (χ3v) is 8.68. The summed E-state index contributed by atoms with van der Waals surface area (Å²) in [7, 11) is 0. The number of halogens is 4. The van der Waals surface area contributed by atoms with Crippen molar-refractivity contribution in [1.82, 2.24) is 24.8 Å². The molecular formula is C28H30Cl4N8O. The molecule has 2 aromatic carbocycles. The number of nitrogen functional groups attached to an aromatic ring is 1. The highest BCUT2D eigenvalue weighted by Gasteiger charge is 2.25. The molecule has 0 spiro atoms. The number of hydrogen-bond acceptors (Lipinski definition) is 7. The summed E-state index contributed by atoms with van der Waals surface area (Å²) in [6, 6.07) is 11.3. The molecule has 9 nitrogen and oxygen atoms in total. The summed E-state index contributed by atoms with van der Waals surface area (Å²) in [5.74, 6) is 0.101. The quantitative estimate of drug-likeness (QED) is 0.271. The van der Waals surface area contributed by atoms with Crippen molar-refractivity contribution in [2.45, 2.75) is 13.1 Å². The van der Waals surface area contributed by atoms with Gasteiger partial charge in [0.2, 0.25) is 5.95 Å². The van der Waals surface area contributed by atoms with Crippen LogP contribution in [-0.2, 0) is 13.1 Å². The molecule has 2 aliphatic rings. The number of hydrogen-bond donors (Lipinski definition) is 3. The van der Waals surface area contributed by atoms with Gasteiger partial charge in [-0.15, -0.1) is 0 Å². The molecule has 0 aliphatic carbocycles. The van der Waals surface area contributed by atoms with E-state index in [0.29, 0.717) is 44.2 Å². The standard InChI is InChI=1S/C28H30Cl4N8O/c29-17-9-18(30)12-21(11-17)39-5-1-37(2-6-39)15-23-24(34-26-25(23)27(41)36-28(33)35-26)16-38-3-7-40(8-4-38)22-13-19(31)10-20(32)14-22/h9-14H,1-8,15-16H2,(H4,33,34,35,36,41). The smallest absolute Gasteiger partial charge is 0.262 e. The second-order valence-corrected chi connectivity index (χ2v) is 12.3. The van der Waals surface area contributed by atoms with E-state index >= 15 is 0 Å². The van der Waals surface area contributed by atoms with Crippen molar-refractivity contribution < 1.29 is 0 Å². The highest BCUT2D eigenvalue weighted by atomic mass is 35.5. The van der Waals surface area contributed by atoms with Gasteiger partial charge in [0.05, 0.1) is 5.39 Å². The number of nitrogens with one attached hydrogen (secondary N) is 2. The van der Waals surface area contributed by atoms with Crippen LogP contribution in [0.5, 0.6) is 0 Å². The summed E-state index contributed by atoms with van der Waals surface area (Å²) in [6.07, 6.45) is 0. The number of aromatic nitrogens is 3. The van der Waals surface area contributed by atoms with E-state index in [1.54, 1.807) is 12.1 Å². The Balaban J connectivity index is 1.17. The first kappa shape index (κ1) is 28.5. The van der Waals surface area contributed by atoms with Crippen LogP contribution in [0.3, 0.4) is 0 Å². The Morgan fingerprint density at radius 2 is 1.15 bits per heavy atom. The highest BCUT2D eigenvalue weighted by Crippen LogP contribution is 2.29. The lowest BCUT2D eigenvalue weighted by atomic mass is 10.1. The van der Waals surface area contributed by atoms with Gasteiger partial charge >= 0.3 is 0 Å². The molecule has 2 aliphatic heterocycles. The van der Waals surface area contributed by atoms with Crippen LogP contribution in [0.4, 0.5) is 17.3 Å². The molecule has 0 radical (unpaired) electrons. The SMILES string of the molecule is Nc1nc2[nH]c(CN3CCN(c4cc(Cl)cc(Cl)c4)CC3)c(CN3CCN(c4cc(Cl)cc(Cl)c4)CC3)c2c(=O)[nH]1. The first-order chi connectivity index (χ1) is 19.7. The lowest BCUT2D eigenvalue weighted by Crippen LogP contribution is -2.47. The van der Waals surface area contributed by atoms with Gasteiger partial charge in [-0.1, -0.05) is 46.4 Å². The number of aromatic amines is 2. The normalized spacial score (nSPS) is 17.1. The molecule has 4 heterocycles. The van der Waals surface area contributed by atoms with E-state index in [9.17, 15) is 4.79 Å². The summed E-state index contributed by atoms with van der Waals surface area (Å²) in [4.78, 5) is 32.9. The predicted molar refractivity (Wildman–Crippen MR) is 169 cm³/mol. The van der Waals surface area contributed by atoms with E-state index in [2.05, 4.69) is 34.6 Å². The van der Waals surface area contributed by atoms with Crippen LogP contribution in [0.25, 0.3) is 11.0 Å². The van der Waals surface area contributed by atoms with E-state index in [1.807, 2.05) is 24.3 Å². The van der Waals surface area contributed by atoms with Crippen molar-refractivity contribution in [3.8, 4) is 0 Å². The number of benzene rings is 2. The second kappa shape index (κ2) is 11.9. The van der Waals surface area contributed by atoms with Crippen LogP contribution in [-0.4, -0.2) is 77.1 Å². The van der Waals surface area contributed by atoms with Gasteiger partial charge in [0, 0.05) is 108 Å². The van der Waals surface area contributed by atoms with Gasteiger partial charge in [0.25, 0.3) is 5.56 Å². The number of nitrogens with zero attached hydrogens (tertiary/aromatic N) is 5. The van der Waals surface area contributed by atoms with Crippen LogP contribution in [0, 0.1) is 0 Å². The molecule has 4 aromatic rings. The van der Waals surface area contributed by atoms with E-state index < -0.39 is 0 Å². The molecule has 0 saturated carbocycles. The van der Waals surface area contributed by atoms with Crippen LogP contribution in [0.1, 0.15) is 11.3 Å². The minimum absolute atomic E-state index is 0.101. The minimum atomic E-state index is -0.222. The third kappa shape index (κ3) is 6.40. The topological polar surface area (TPSA) is 101 Å². The molecule has 216 valence electrons. The zero-order valence-electron chi connectivity index (χ0n) is 22.3. The Bertz CT molecular complexity index is 1580. The first-order valence-electron chi connectivity index (χ1n) is 13.5. The fraction of sp³-hybridized carbons (Fsp3) is 0.357. The van der Waals surface area contributed by atoms with Crippen LogP contribution in [0.2, 0.25) is 20.1 Å². The van der Waals surface area contributed by atoms with Crippen LogP contribution >= 0.6 is 46.4 Å². The average Bonchev–Trinajstić information content (AvgIpc) is 3.25. The van der Waals surface area contributed by atoms with Crippen molar-refractivity contribution >= 4 is 74.8 Å². The van der Waals surface area contributed by atoms with Crippen molar-refractivity contribution in [1.29, 1.82) is 0 Å². The summed E-state index contributed by atoms with van der Waals surface area (Å²) < 4.78 is 0. The molecule has 2 saturated heterocycles. The van der Waals surface area contributed by atoms with Gasteiger partial charge in [-0.2, -0.15) is 4.98 Å². The minimum Gasteiger partial charge on any atom is -0.369 e. The number of nitrogens with two attached hydrogens (primary N) is 1. The molecule has 41 heavy (non-hydrogen) atoms. The largest absolute Gasteiger partial charge is 0.369 e. The number of rotatable bonds is 6. The highest BCUT2D eigenvalue weighted by molar-refractivity contribution is 6.35. The Labute approximate surface area is 257 Å². The summed E-state index contributed by atoms with van der Waals surface area (Å²) in [5.41, 5.74) is 10.2. The van der Waals surface area contributed by atoms with E-state index in [0.717, 1.165) is 75.0 Å². The molecule has 0 amide bonds. The van der Waals surface area contributed by atoms with Crippen molar-refractivity contribution in [3.05, 3.63) is 78.1 Å². The van der Waals surface area contributed by atoms with Gasteiger partial charge in [0.15, 0.2) is 0 Å². The number of fused-ring (bicyclic) bond motifs is 1. The maximum atomic E-state index is 13.0. The monoisotopic (exact) mass is 634 g/mol. The van der Waals surface area contributed by atoms with Crippen molar-refractivity contribution in [3.63, 3.8) is 0 Å². The number of piperazine rings is 2. The third-order valence-electron chi connectivity index (χ3n) is 7.81. The average molecular weight is 636 g/mol. The molecule has 4 N–H and O–H groups in total. The summed E-state index contributed by atoms with van der Waals surface area (Å²) in [5, 5.41) is 3.09. The maximum Gasteiger partial charge on any atom is 0.262 e. The Kier molecular flexibility index (Phi) is 8.27. The van der Waals surface area contributed by atoms with Gasteiger partial charge in [-0.3, -0.25) is 19.6 Å². The predicted octanol–water partition coefficient (Wildman–Crippen LogP) is 5.09. The molecule has 2 fully saturated rings. The molecule has 0 atom stereocenters. The Hall–Kier alpha value is -2.66. The Morgan fingerprint density at radius 3 is 1.63 bits per heavy atom. The number of anilines is 3. The Morgan fingerprint density at radius 1 is 0.683 bits per heavy atom. The lowest BCUT2D eigenvalue weighted by molar-refractivity contribution is 0.236. The zero-order chi connectivity index (χ0) is 28.7. The molecule has 6 rings (SSSR count). The fourth-order valence-electron chi connectivity index (χ4n) is 5.76. The van der Waals surface area contributed by atoms with Crippen molar-refractivity contribution in [2.75, 3.05) is 67.9 Å². The zero-order valence-corrected chi connectivity index (χ0v) is 25.3. The van der Waals surface area contributed by atoms with Crippen LogP contribution in [0.15, 0.2) is 41.2 Å². The van der Waals surface area contributed by atoms with Gasteiger partial charge in [-0.05, 0) is 36.4 Å².